The van der Waals surface area contributed by atoms with Gasteiger partial charge < -0.3 is 5.73 Å². The van der Waals surface area contributed by atoms with Crippen LogP contribution in [0.2, 0.25) is 0 Å². The molecule has 2 N–H and O–H groups in total. The normalized spacial score (nSPS) is 12.6. The van der Waals surface area contributed by atoms with Gasteiger partial charge in [-0.05, 0) is 31.9 Å². The topological polar surface area (TPSA) is 51.8 Å². The van der Waals surface area contributed by atoms with Crippen LogP contribution in [0.15, 0.2) is 32.9 Å². The van der Waals surface area contributed by atoms with Crippen LogP contribution in [0.25, 0.3) is 0 Å². The minimum absolute atomic E-state index is 0.172. The Morgan fingerprint density at radius 2 is 2.29 bits per heavy atom. The van der Waals surface area contributed by atoms with Crippen molar-refractivity contribution >= 4 is 23.1 Å². The Morgan fingerprint density at radius 3 is 2.94 bits per heavy atom. The van der Waals surface area contributed by atoms with E-state index < -0.39 is 0 Å². The van der Waals surface area contributed by atoms with Crippen LogP contribution in [-0.2, 0) is 6.42 Å². The van der Waals surface area contributed by atoms with Crippen LogP contribution in [0.5, 0.6) is 0 Å². The van der Waals surface area contributed by atoms with Gasteiger partial charge >= 0.3 is 0 Å². The summed E-state index contributed by atoms with van der Waals surface area (Å²) in [7, 11) is 0. The number of aromatic nitrogens is 2. The maximum atomic E-state index is 5.88. The number of aryl methyl sites for hydroxylation is 1. The molecule has 1 heterocycles. The lowest BCUT2D eigenvalue weighted by atomic mass is 10.1. The van der Waals surface area contributed by atoms with Gasteiger partial charge in [0.25, 0.3) is 0 Å². The molecule has 2 rings (SSSR count). The fraction of sp³-hybridized carbons (Fsp3) is 0.333. The zero-order valence-corrected chi connectivity index (χ0v) is 11.5. The van der Waals surface area contributed by atoms with E-state index in [1.165, 1.54) is 16.0 Å². The lowest BCUT2D eigenvalue weighted by Crippen LogP contribution is -2.18. The van der Waals surface area contributed by atoms with E-state index in [4.69, 9.17) is 5.73 Å². The molecule has 0 fully saturated rings. The molecule has 0 amide bonds. The van der Waals surface area contributed by atoms with Crippen LogP contribution < -0.4 is 5.73 Å². The number of rotatable bonds is 4. The number of nitrogens with two attached hydrogens (primary N) is 1. The molecule has 0 aliphatic carbocycles. The predicted octanol–water partition coefficient (Wildman–Crippen LogP) is 2.89. The average Bonchev–Trinajstić information content (AvgIpc) is 2.74. The Labute approximate surface area is 109 Å². The Balaban J connectivity index is 2.25. The van der Waals surface area contributed by atoms with Crippen LogP contribution in [-0.4, -0.2) is 16.2 Å². The first kappa shape index (κ1) is 12.5. The van der Waals surface area contributed by atoms with E-state index in [1.54, 1.807) is 28.6 Å². The third kappa shape index (κ3) is 3.52. The van der Waals surface area contributed by atoms with Crippen LogP contribution in [0.3, 0.4) is 0 Å². The molecule has 5 heteroatoms. The summed E-state index contributed by atoms with van der Waals surface area (Å²) in [5, 5.41) is 7.90. The molecule has 0 aliphatic rings. The number of hydrogen-bond donors (Lipinski definition) is 1. The molecule has 0 radical (unpaired) electrons. The van der Waals surface area contributed by atoms with Gasteiger partial charge in [-0.1, -0.05) is 40.8 Å². The molecular weight excluding hydrogens is 250 g/mol. The second kappa shape index (κ2) is 5.62. The minimum atomic E-state index is 0.172. The summed E-state index contributed by atoms with van der Waals surface area (Å²) in [5.74, 6) is 0. The van der Waals surface area contributed by atoms with Gasteiger partial charge in [0.2, 0.25) is 0 Å². The van der Waals surface area contributed by atoms with Crippen molar-refractivity contribution < 1.29 is 0 Å². The molecule has 3 nitrogen and oxygen atoms in total. The quantitative estimate of drug-likeness (QED) is 0.923. The zero-order valence-electron chi connectivity index (χ0n) is 9.88. The highest BCUT2D eigenvalue weighted by atomic mass is 32.2. The van der Waals surface area contributed by atoms with Gasteiger partial charge in [-0.15, -0.1) is 10.2 Å². The van der Waals surface area contributed by atoms with Gasteiger partial charge in [0.15, 0.2) is 4.34 Å². The van der Waals surface area contributed by atoms with Crippen molar-refractivity contribution in [2.24, 2.45) is 5.73 Å². The molecular formula is C12H15N3S2. The van der Waals surface area contributed by atoms with Crippen molar-refractivity contribution in [3.8, 4) is 0 Å². The molecule has 1 unspecified atom stereocenters. The summed E-state index contributed by atoms with van der Waals surface area (Å²) in [6.45, 7) is 4.13. The third-order valence-corrected chi connectivity index (χ3v) is 4.19. The Morgan fingerprint density at radius 1 is 1.47 bits per heavy atom. The SMILES string of the molecule is Cc1ccc(Sc2nncs2)c(CC(C)N)c1. The second-order valence-electron chi connectivity index (χ2n) is 4.10. The second-order valence-corrected chi connectivity index (χ2v) is 6.22. The fourth-order valence-electron chi connectivity index (χ4n) is 1.62. The minimum Gasteiger partial charge on any atom is -0.328 e. The van der Waals surface area contributed by atoms with Crippen LogP contribution in [0, 0.1) is 6.92 Å². The molecule has 0 spiro atoms. The number of hydrogen-bond acceptors (Lipinski definition) is 5. The standard InChI is InChI=1S/C12H15N3S2/c1-8-3-4-11(10(5-8)6-9(2)13)17-12-15-14-7-16-12/h3-5,7,9H,6,13H2,1-2H3. The molecule has 90 valence electrons. The largest absolute Gasteiger partial charge is 0.328 e. The zero-order chi connectivity index (χ0) is 12.3. The summed E-state index contributed by atoms with van der Waals surface area (Å²) in [4.78, 5) is 1.23. The maximum Gasteiger partial charge on any atom is 0.178 e. The van der Waals surface area contributed by atoms with E-state index in [0.29, 0.717) is 0 Å². The Bertz CT molecular complexity index is 481. The van der Waals surface area contributed by atoms with Crippen molar-refractivity contribution in [3.05, 3.63) is 34.8 Å². The summed E-state index contributed by atoms with van der Waals surface area (Å²) in [5.41, 5.74) is 10.2. The van der Waals surface area contributed by atoms with Crippen LogP contribution in [0.4, 0.5) is 0 Å². The van der Waals surface area contributed by atoms with E-state index in [0.717, 1.165) is 10.8 Å². The summed E-state index contributed by atoms with van der Waals surface area (Å²) in [6.07, 6.45) is 0.892. The van der Waals surface area contributed by atoms with E-state index in [-0.39, 0.29) is 6.04 Å². The van der Waals surface area contributed by atoms with Crippen molar-refractivity contribution in [2.45, 2.75) is 35.5 Å². The summed E-state index contributed by atoms with van der Waals surface area (Å²) in [6, 6.07) is 6.63. The van der Waals surface area contributed by atoms with Crippen LogP contribution >= 0.6 is 23.1 Å². The Hall–Kier alpha value is -0.910. The maximum absolute atomic E-state index is 5.88. The van der Waals surface area contributed by atoms with Crippen LogP contribution in [0.1, 0.15) is 18.1 Å². The molecule has 0 saturated heterocycles. The molecule has 17 heavy (non-hydrogen) atoms. The molecule has 1 aromatic heterocycles. The molecule has 1 aromatic carbocycles. The number of nitrogens with zero attached hydrogens (tertiary/aromatic N) is 2. The summed E-state index contributed by atoms with van der Waals surface area (Å²) < 4.78 is 0.972. The third-order valence-electron chi connectivity index (χ3n) is 2.30. The first-order valence-electron chi connectivity index (χ1n) is 5.44. The molecule has 1 atom stereocenters. The summed E-state index contributed by atoms with van der Waals surface area (Å²) >= 11 is 3.22. The van der Waals surface area contributed by atoms with Gasteiger partial charge in [-0.25, -0.2) is 0 Å². The molecule has 0 bridgehead atoms. The smallest absolute Gasteiger partial charge is 0.178 e. The van der Waals surface area contributed by atoms with Crippen molar-refractivity contribution in [1.82, 2.24) is 10.2 Å². The lowest BCUT2D eigenvalue weighted by molar-refractivity contribution is 0.729. The van der Waals surface area contributed by atoms with Crippen molar-refractivity contribution in [2.75, 3.05) is 0 Å². The fourth-order valence-corrected chi connectivity index (χ4v) is 3.17. The van der Waals surface area contributed by atoms with Gasteiger partial charge in [-0.2, -0.15) is 0 Å². The average molecular weight is 265 g/mol. The Kier molecular flexibility index (Phi) is 4.15. The highest BCUT2D eigenvalue weighted by Gasteiger charge is 2.08. The number of benzene rings is 1. The predicted molar refractivity (Wildman–Crippen MR) is 72.6 cm³/mol. The van der Waals surface area contributed by atoms with E-state index in [2.05, 4.69) is 35.3 Å². The first-order chi connectivity index (χ1) is 8.15. The van der Waals surface area contributed by atoms with E-state index in [1.807, 2.05) is 6.92 Å². The van der Waals surface area contributed by atoms with Gasteiger partial charge in [0.05, 0.1) is 0 Å². The van der Waals surface area contributed by atoms with Gasteiger partial charge in [0, 0.05) is 10.9 Å². The van der Waals surface area contributed by atoms with Crippen molar-refractivity contribution in [3.63, 3.8) is 0 Å². The lowest BCUT2D eigenvalue weighted by Gasteiger charge is -2.11. The van der Waals surface area contributed by atoms with Gasteiger partial charge in [0.1, 0.15) is 5.51 Å². The molecule has 0 saturated carbocycles. The van der Waals surface area contributed by atoms with Gasteiger partial charge in [-0.3, -0.25) is 0 Å². The molecule has 2 aromatic rings. The highest BCUT2D eigenvalue weighted by Crippen LogP contribution is 2.32. The monoisotopic (exact) mass is 265 g/mol. The van der Waals surface area contributed by atoms with E-state index >= 15 is 0 Å². The van der Waals surface area contributed by atoms with E-state index in [9.17, 15) is 0 Å². The molecule has 0 aliphatic heterocycles. The van der Waals surface area contributed by atoms with Crippen molar-refractivity contribution in [1.29, 1.82) is 0 Å². The first-order valence-corrected chi connectivity index (χ1v) is 7.14. The highest BCUT2D eigenvalue weighted by molar-refractivity contribution is 8.01.